The monoisotopic (exact) mass is 249 g/mol. The van der Waals surface area contributed by atoms with Gasteiger partial charge in [-0.15, -0.1) is 0 Å². The Bertz CT molecular complexity index is 363. The van der Waals surface area contributed by atoms with Crippen molar-refractivity contribution in [2.24, 2.45) is 5.92 Å². The summed E-state index contributed by atoms with van der Waals surface area (Å²) in [5.41, 5.74) is 1.09. The lowest BCUT2D eigenvalue weighted by Gasteiger charge is -2.16. The van der Waals surface area contributed by atoms with Gasteiger partial charge in [-0.05, 0) is 12.0 Å². The second-order valence-corrected chi connectivity index (χ2v) is 4.65. The van der Waals surface area contributed by atoms with Crippen molar-refractivity contribution in [3.05, 3.63) is 42.5 Å². The predicted octanol–water partition coefficient (Wildman–Crippen LogP) is 2.36. The predicted molar refractivity (Wildman–Crippen MR) is 74.7 cm³/mol. The largest absolute Gasteiger partial charge is 0.489 e. The lowest BCUT2D eigenvalue weighted by Crippen LogP contribution is -2.30. The van der Waals surface area contributed by atoms with Crippen LogP contribution in [-0.2, 0) is 6.54 Å². The molecule has 0 aliphatic heterocycles. The van der Waals surface area contributed by atoms with E-state index in [9.17, 15) is 5.11 Å². The SMILES string of the molecule is C=CCOc1ccccc1CNCC(O)C(C)C. The molecule has 0 fully saturated rings. The van der Waals surface area contributed by atoms with Gasteiger partial charge in [0, 0.05) is 18.7 Å². The molecule has 1 atom stereocenters. The molecule has 0 saturated heterocycles. The van der Waals surface area contributed by atoms with Crippen LogP contribution in [0.4, 0.5) is 0 Å². The third-order valence-electron chi connectivity index (χ3n) is 2.77. The van der Waals surface area contributed by atoms with Gasteiger partial charge in [0.15, 0.2) is 0 Å². The molecule has 0 aliphatic carbocycles. The van der Waals surface area contributed by atoms with E-state index in [2.05, 4.69) is 11.9 Å². The first kappa shape index (κ1) is 14.7. The van der Waals surface area contributed by atoms with Crippen molar-refractivity contribution < 1.29 is 9.84 Å². The van der Waals surface area contributed by atoms with Gasteiger partial charge in [-0.3, -0.25) is 0 Å². The van der Waals surface area contributed by atoms with Crippen molar-refractivity contribution >= 4 is 0 Å². The average Bonchev–Trinajstić information content (AvgIpc) is 2.37. The first-order valence-corrected chi connectivity index (χ1v) is 6.35. The van der Waals surface area contributed by atoms with E-state index in [1.54, 1.807) is 6.08 Å². The van der Waals surface area contributed by atoms with Crippen LogP contribution >= 0.6 is 0 Å². The van der Waals surface area contributed by atoms with E-state index in [4.69, 9.17) is 4.74 Å². The van der Waals surface area contributed by atoms with Crippen LogP contribution in [-0.4, -0.2) is 24.4 Å². The maximum atomic E-state index is 9.71. The summed E-state index contributed by atoms with van der Waals surface area (Å²) >= 11 is 0. The molecule has 0 aromatic heterocycles. The van der Waals surface area contributed by atoms with Crippen LogP contribution in [0.3, 0.4) is 0 Å². The molecule has 3 nitrogen and oxygen atoms in total. The standard InChI is InChI=1S/C15H23NO2/c1-4-9-18-15-8-6-5-7-13(15)10-16-11-14(17)12(2)3/h4-8,12,14,16-17H,1,9-11H2,2-3H3. The lowest BCUT2D eigenvalue weighted by atomic mass is 10.1. The van der Waals surface area contributed by atoms with Crippen molar-refractivity contribution in [2.75, 3.05) is 13.2 Å². The molecule has 1 aromatic rings. The number of aliphatic hydroxyl groups excluding tert-OH is 1. The minimum absolute atomic E-state index is 0.268. The van der Waals surface area contributed by atoms with Gasteiger partial charge in [0.1, 0.15) is 12.4 Å². The summed E-state index contributed by atoms with van der Waals surface area (Å²) in [6.45, 7) is 9.44. The van der Waals surface area contributed by atoms with Crippen LogP contribution < -0.4 is 10.1 Å². The lowest BCUT2D eigenvalue weighted by molar-refractivity contribution is 0.123. The molecule has 0 bridgehead atoms. The van der Waals surface area contributed by atoms with Crippen LogP contribution in [0.5, 0.6) is 5.75 Å². The van der Waals surface area contributed by atoms with Gasteiger partial charge in [-0.1, -0.05) is 44.7 Å². The van der Waals surface area contributed by atoms with Crippen molar-refractivity contribution in [2.45, 2.75) is 26.5 Å². The van der Waals surface area contributed by atoms with Crippen molar-refractivity contribution in [1.29, 1.82) is 0 Å². The molecule has 1 unspecified atom stereocenters. The highest BCUT2D eigenvalue weighted by Gasteiger charge is 2.09. The van der Waals surface area contributed by atoms with E-state index in [-0.39, 0.29) is 12.0 Å². The second kappa shape index (κ2) is 7.90. The minimum atomic E-state index is -0.314. The summed E-state index contributed by atoms with van der Waals surface area (Å²) in [6, 6.07) is 7.90. The molecule has 0 radical (unpaired) electrons. The summed E-state index contributed by atoms with van der Waals surface area (Å²) in [7, 11) is 0. The number of hydrogen-bond acceptors (Lipinski definition) is 3. The van der Waals surface area contributed by atoms with Crippen LogP contribution in [0.2, 0.25) is 0 Å². The third kappa shape index (κ3) is 4.90. The van der Waals surface area contributed by atoms with Crippen molar-refractivity contribution in [3.8, 4) is 5.75 Å². The van der Waals surface area contributed by atoms with Gasteiger partial charge in [0.2, 0.25) is 0 Å². The Balaban J connectivity index is 2.48. The summed E-state index contributed by atoms with van der Waals surface area (Å²) < 4.78 is 5.57. The number of para-hydroxylation sites is 1. The summed E-state index contributed by atoms with van der Waals surface area (Å²) in [5.74, 6) is 1.13. The second-order valence-electron chi connectivity index (χ2n) is 4.65. The van der Waals surface area contributed by atoms with Crippen LogP contribution in [0.25, 0.3) is 0 Å². The number of nitrogens with one attached hydrogen (secondary N) is 1. The maximum absolute atomic E-state index is 9.71. The first-order chi connectivity index (χ1) is 8.65. The molecule has 100 valence electrons. The molecule has 2 N–H and O–H groups in total. The normalized spacial score (nSPS) is 12.4. The first-order valence-electron chi connectivity index (χ1n) is 6.35. The molecule has 1 aromatic carbocycles. The quantitative estimate of drug-likeness (QED) is 0.695. The number of aliphatic hydroxyl groups is 1. The van der Waals surface area contributed by atoms with E-state index >= 15 is 0 Å². The van der Waals surface area contributed by atoms with Crippen molar-refractivity contribution in [1.82, 2.24) is 5.32 Å². The highest BCUT2D eigenvalue weighted by molar-refractivity contribution is 5.33. The fourth-order valence-electron chi connectivity index (χ4n) is 1.53. The number of hydrogen-bond donors (Lipinski definition) is 2. The van der Waals surface area contributed by atoms with Gasteiger partial charge in [0.25, 0.3) is 0 Å². The molecule has 0 saturated carbocycles. The fraction of sp³-hybridized carbons (Fsp3) is 0.467. The van der Waals surface area contributed by atoms with E-state index < -0.39 is 0 Å². The molecule has 1 rings (SSSR count). The summed E-state index contributed by atoms with van der Waals surface area (Å²) in [6.07, 6.45) is 1.42. The Kier molecular flexibility index (Phi) is 6.47. The van der Waals surface area contributed by atoms with Gasteiger partial charge >= 0.3 is 0 Å². The van der Waals surface area contributed by atoms with E-state index in [0.717, 1.165) is 11.3 Å². The van der Waals surface area contributed by atoms with E-state index in [0.29, 0.717) is 19.7 Å². The maximum Gasteiger partial charge on any atom is 0.124 e. The Morgan fingerprint density at radius 2 is 2.11 bits per heavy atom. The Morgan fingerprint density at radius 3 is 2.78 bits per heavy atom. The topological polar surface area (TPSA) is 41.5 Å². The number of benzene rings is 1. The highest BCUT2D eigenvalue weighted by atomic mass is 16.5. The van der Waals surface area contributed by atoms with E-state index in [1.165, 1.54) is 0 Å². The van der Waals surface area contributed by atoms with Crippen LogP contribution in [0.15, 0.2) is 36.9 Å². The Hall–Kier alpha value is -1.32. The summed E-state index contributed by atoms with van der Waals surface area (Å²) in [4.78, 5) is 0. The van der Waals surface area contributed by atoms with Crippen LogP contribution in [0.1, 0.15) is 19.4 Å². The molecular weight excluding hydrogens is 226 g/mol. The zero-order valence-corrected chi connectivity index (χ0v) is 11.2. The van der Waals surface area contributed by atoms with Crippen molar-refractivity contribution in [3.63, 3.8) is 0 Å². The third-order valence-corrected chi connectivity index (χ3v) is 2.77. The molecule has 18 heavy (non-hydrogen) atoms. The smallest absolute Gasteiger partial charge is 0.124 e. The fourth-order valence-corrected chi connectivity index (χ4v) is 1.53. The molecule has 0 amide bonds. The van der Waals surface area contributed by atoms with Gasteiger partial charge < -0.3 is 15.2 Å². The molecule has 0 aliphatic rings. The van der Waals surface area contributed by atoms with Crippen LogP contribution in [0, 0.1) is 5.92 Å². The minimum Gasteiger partial charge on any atom is -0.489 e. The molecule has 0 heterocycles. The van der Waals surface area contributed by atoms with Gasteiger partial charge in [0.05, 0.1) is 6.10 Å². The molecule has 3 heteroatoms. The Morgan fingerprint density at radius 1 is 1.39 bits per heavy atom. The van der Waals surface area contributed by atoms with Gasteiger partial charge in [-0.2, -0.15) is 0 Å². The zero-order valence-electron chi connectivity index (χ0n) is 11.2. The highest BCUT2D eigenvalue weighted by Crippen LogP contribution is 2.17. The van der Waals surface area contributed by atoms with E-state index in [1.807, 2.05) is 38.1 Å². The molecule has 0 spiro atoms. The number of rotatable bonds is 8. The average molecular weight is 249 g/mol. The van der Waals surface area contributed by atoms with Gasteiger partial charge in [-0.25, -0.2) is 0 Å². The number of ether oxygens (including phenoxy) is 1. The zero-order chi connectivity index (χ0) is 13.4. The Labute approximate surface area is 109 Å². The summed E-state index contributed by atoms with van der Waals surface area (Å²) in [5, 5.41) is 13.0. The molecular formula is C15H23NO2.